The molecule has 0 aliphatic carbocycles. The van der Waals surface area contributed by atoms with Crippen LogP contribution in [-0.4, -0.2) is 18.6 Å². The van der Waals surface area contributed by atoms with Crippen LogP contribution in [0, 0.1) is 17.2 Å². The molecule has 0 radical (unpaired) electrons. The highest BCUT2D eigenvalue weighted by Crippen LogP contribution is 2.14. The summed E-state index contributed by atoms with van der Waals surface area (Å²) in [4.78, 5) is 11.8. The lowest BCUT2D eigenvalue weighted by Gasteiger charge is -2.11. The second-order valence-electron chi connectivity index (χ2n) is 4.43. The third-order valence-electron chi connectivity index (χ3n) is 2.26. The maximum Gasteiger partial charge on any atom is 0.251 e. The maximum atomic E-state index is 11.8. The number of hydrogen-bond donors (Lipinski definition) is 1. The number of rotatable bonds is 5. The zero-order chi connectivity index (χ0) is 13.5. The van der Waals surface area contributed by atoms with Crippen molar-refractivity contribution >= 4 is 5.91 Å². The van der Waals surface area contributed by atoms with Crippen LogP contribution >= 0.6 is 0 Å². The minimum atomic E-state index is -0.191. The zero-order valence-electron chi connectivity index (χ0n) is 10.9. The minimum Gasteiger partial charge on any atom is -0.491 e. The Labute approximate surface area is 108 Å². The lowest BCUT2D eigenvalue weighted by atomic mass is 10.1. The fourth-order valence-electron chi connectivity index (χ4n) is 1.38. The summed E-state index contributed by atoms with van der Waals surface area (Å²) in [6.45, 7) is 5.98. The molecule has 0 heterocycles. The third kappa shape index (κ3) is 4.46. The molecule has 96 valence electrons. The van der Waals surface area contributed by atoms with E-state index in [0.717, 1.165) is 0 Å². The van der Waals surface area contributed by atoms with Gasteiger partial charge in [-0.2, -0.15) is 5.26 Å². The van der Waals surface area contributed by atoms with E-state index in [0.29, 0.717) is 17.9 Å². The van der Waals surface area contributed by atoms with Gasteiger partial charge < -0.3 is 10.1 Å². The molecule has 0 saturated carbocycles. The number of benzene rings is 1. The molecule has 0 aromatic heterocycles. The number of amides is 1. The van der Waals surface area contributed by atoms with Crippen molar-refractivity contribution < 1.29 is 9.53 Å². The van der Waals surface area contributed by atoms with E-state index in [1.807, 2.05) is 19.9 Å². The standard InChI is InChI=1S/C14H18N2O2/c1-10(2)18-13-6-4-5-12(7-13)14(17)16-9-11(3)8-15/h4-7,10-11H,9H2,1-3H3,(H,16,17). The van der Waals surface area contributed by atoms with Crippen molar-refractivity contribution in [3.05, 3.63) is 29.8 Å². The quantitative estimate of drug-likeness (QED) is 0.867. The molecule has 1 atom stereocenters. The molecule has 1 N–H and O–H groups in total. The monoisotopic (exact) mass is 246 g/mol. The van der Waals surface area contributed by atoms with Gasteiger partial charge in [-0.05, 0) is 39.0 Å². The van der Waals surface area contributed by atoms with E-state index in [9.17, 15) is 4.79 Å². The number of nitrogens with zero attached hydrogens (tertiary/aromatic N) is 1. The Morgan fingerprint density at radius 3 is 2.78 bits per heavy atom. The number of carbonyl (C=O) groups excluding carboxylic acids is 1. The molecule has 1 amide bonds. The summed E-state index contributed by atoms with van der Waals surface area (Å²) in [5.41, 5.74) is 0.540. The Balaban J connectivity index is 2.66. The van der Waals surface area contributed by atoms with Gasteiger partial charge >= 0.3 is 0 Å². The average Bonchev–Trinajstić information content (AvgIpc) is 2.35. The summed E-state index contributed by atoms with van der Waals surface area (Å²) in [5, 5.41) is 11.4. The highest BCUT2D eigenvalue weighted by atomic mass is 16.5. The largest absolute Gasteiger partial charge is 0.491 e. The number of hydrogen-bond acceptors (Lipinski definition) is 3. The summed E-state index contributed by atoms with van der Waals surface area (Å²) in [7, 11) is 0. The molecule has 1 aromatic carbocycles. The second kappa shape index (κ2) is 6.65. The Hall–Kier alpha value is -2.02. The summed E-state index contributed by atoms with van der Waals surface area (Å²) in [6, 6.07) is 9.08. The molecular weight excluding hydrogens is 228 g/mol. The van der Waals surface area contributed by atoms with Gasteiger partial charge in [-0.25, -0.2) is 0 Å². The Kier molecular flexibility index (Phi) is 5.19. The molecule has 0 spiro atoms. The molecule has 1 aromatic rings. The van der Waals surface area contributed by atoms with Crippen LogP contribution in [0.25, 0.3) is 0 Å². The second-order valence-corrected chi connectivity index (χ2v) is 4.43. The van der Waals surface area contributed by atoms with Gasteiger partial charge in [0.25, 0.3) is 5.91 Å². The SMILES string of the molecule is CC(C#N)CNC(=O)c1cccc(OC(C)C)c1. The highest BCUT2D eigenvalue weighted by molar-refractivity contribution is 5.94. The van der Waals surface area contributed by atoms with E-state index in [2.05, 4.69) is 11.4 Å². The fraction of sp³-hybridized carbons (Fsp3) is 0.429. The first-order valence-corrected chi connectivity index (χ1v) is 5.97. The third-order valence-corrected chi connectivity index (χ3v) is 2.26. The van der Waals surface area contributed by atoms with Gasteiger partial charge in [0.1, 0.15) is 5.75 Å². The van der Waals surface area contributed by atoms with Crippen LogP contribution in [0.1, 0.15) is 31.1 Å². The van der Waals surface area contributed by atoms with Gasteiger partial charge in [-0.15, -0.1) is 0 Å². The average molecular weight is 246 g/mol. The first-order valence-electron chi connectivity index (χ1n) is 5.97. The lowest BCUT2D eigenvalue weighted by molar-refractivity contribution is 0.0950. The number of nitrogens with one attached hydrogen (secondary N) is 1. The smallest absolute Gasteiger partial charge is 0.251 e. The molecule has 0 fully saturated rings. The Morgan fingerprint density at radius 2 is 2.17 bits per heavy atom. The molecule has 18 heavy (non-hydrogen) atoms. The molecule has 0 saturated heterocycles. The predicted octanol–water partition coefficient (Wildman–Crippen LogP) is 2.36. The van der Waals surface area contributed by atoms with E-state index in [1.54, 1.807) is 25.1 Å². The molecule has 0 aliphatic rings. The summed E-state index contributed by atoms with van der Waals surface area (Å²) < 4.78 is 5.52. The van der Waals surface area contributed by atoms with Crippen molar-refractivity contribution in [1.82, 2.24) is 5.32 Å². The molecule has 1 unspecified atom stereocenters. The minimum absolute atomic E-state index is 0.0712. The normalized spacial score (nSPS) is 11.7. The maximum absolute atomic E-state index is 11.8. The van der Waals surface area contributed by atoms with E-state index in [-0.39, 0.29) is 17.9 Å². The van der Waals surface area contributed by atoms with Gasteiger partial charge in [-0.3, -0.25) is 4.79 Å². The van der Waals surface area contributed by atoms with Crippen LogP contribution in [0.5, 0.6) is 5.75 Å². The van der Waals surface area contributed by atoms with Gasteiger partial charge in [0.15, 0.2) is 0 Å². The van der Waals surface area contributed by atoms with Crippen LogP contribution in [0.3, 0.4) is 0 Å². The van der Waals surface area contributed by atoms with E-state index < -0.39 is 0 Å². The van der Waals surface area contributed by atoms with Crippen LogP contribution in [-0.2, 0) is 0 Å². The van der Waals surface area contributed by atoms with Crippen molar-refractivity contribution in [2.75, 3.05) is 6.54 Å². The number of carbonyl (C=O) groups is 1. The van der Waals surface area contributed by atoms with Crippen molar-refractivity contribution in [1.29, 1.82) is 5.26 Å². The van der Waals surface area contributed by atoms with Gasteiger partial charge in [0.2, 0.25) is 0 Å². The molecule has 4 heteroatoms. The van der Waals surface area contributed by atoms with Crippen LogP contribution < -0.4 is 10.1 Å². The van der Waals surface area contributed by atoms with Gasteiger partial charge in [0, 0.05) is 12.1 Å². The molecule has 1 rings (SSSR count). The molecule has 4 nitrogen and oxygen atoms in total. The summed E-state index contributed by atoms with van der Waals surface area (Å²) in [5.74, 6) is 0.293. The number of ether oxygens (including phenoxy) is 1. The first kappa shape index (κ1) is 14.0. The van der Waals surface area contributed by atoms with E-state index >= 15 is 0 Å². The summed E-state index contributed by atoms with van der Waals surface area (Å²) >= 11 is 0. The van der Waals surface area contributed by atoms with E-state index in [1.165, 1.54) is 0 Å². The van der Waals surface area contributed by atoms with Gasteiger partial charge in [-0.1, -0.05) is 6.07 Å². The summed E-state index contributed by atoms with van der Waals surface area (Å²) in [6.07, 6.45) is 0.0712. The van der Waals surface area contributed by atoms with Crippen molar-refractivity contribution in [3.8, 4) is 11.8 Å². The van der Waals surface area contributed by atoms with Crippen LogP contribution in [0.4, 0.5) is 0 Å². The highest BCUT2D eigenvalue weighted by Gasteiger charge is 2.08. The van der Waals surface area contributed by atoms with Crippen LogP contribution in [0.15, 0.2) is 24.3 Å². The van der Waals surface area contributed by atoms with Crippen molar-refractivity contribution in [2.24, 2.45) is 5.92 Å². The lowest BCUT2D eigenvalue weighted by Crippen LogP contribution is -2.27. The first-order chi connectivity index (χ1) is 8.52. The Morgan fingerprint density at radius 1 is 1.44 bits per heavy atom. The Bertz CT molecular complexity index is 449. The van der Waals surface area contributed by atoms with Crippen LogP contribution in [0.2, 0.25) is 0 Å². The zero-order valence-corrected chi connectivity index (χ0v) is 10.9. The van der Waals surface area contributed by atoms with Crippen molar-refractivity contribution in [2.45, 2.75) is 26.9 Å². The van der Waals surface area contributed by atoms with E-state index in [4.69, 9.17) is 10.00 Å². The van der Waals surface area contributed by atoms with Gasteiger partial charge in [0.05, 0.1) is 18.1 Å². The number of nitriles is 1. The van der Waals surface area contributed by atoms with Crippen molar-refractivity contribution in [3.63, 3.8) is 0 Å². The molecule has 0 aliphatic heterocycles. The fourth-order valence-corrected chi connectivity index (χ4v) is 1.38. The molecule has 0 bridgehead atoms. The predicted molar refractivity (Wildman–Crippen MR) is 69.3 cm³/mol. The molecular formula is C14H18N2O2. The topological polar surface area (TPSA) is 62.1 Å².